The van der Waals surface area contributed by atoms with Gasteiger partial charge in [0.1, 0.15) is 11.8 Å². The SMILES string of the molecule is ON=C(c1ccccc1)C(O)c1ccccc1.[Cu]. The van der Waals surface area contributed by atoms with Gasteiger partial charge in [0.05, 0.1) is 0 Å². The summed E-state index contributed by atoms with van der Waals surface area (Å²) < 4.78 is 0. The molecule has 4 heteroatoms. The normalized spacial score (nSPS) is 12.6. The smallest absolute Gasteiger partial charge is 0.125 e. The second-order valence-electron chi connectivity index (χ2n) is 3.66. The van der Waals surface area contributed by atoms with Gasteiger partial charge in [-0.15, -0.1) is 0 Å². The van der Waals surface area contributed by atoms with E-state index < -0.39 is 6.10 Å². The van der Waals surface area contributed by atoms with Crippen LogP contribution in [0.25, 0.3) is 0 Å². The minimum Gasteiger partial charge on any atom is -0.411 e. The summed E-state index contributed by atoms with van der Waals surface area (Å²) in [6, 6.07) is 18.2. The van der Waals surface area contributed by atoms with Gasteiger partial charge >= 0.3 is 0 Å². The number of hydrogen-bond donors (Lipinski definition) is 2. The Morgan fingerprint density at radius 1 is 0.889 bits per heavy atom. The molecule has 0 saturated heterocycles. The fourth-order valence-corrected chi connectivity index (χ4v) is 1.67. The molecule has 0 aliphatic heterocycles. The Kier molecular flexibility index (Phi) is 5.59. The van der Waals surface area contributed by atoms with Crippen molar-refractivity contribution in [3.05, 3.63) is 71.8 Å². The average molecular weight is 291 g/mol. The third-order valence-electron chi connectivity index (χ3n) is 2.55. The maximum Gasteiger partial charge on any atom is 0.125 e. The molecular weight excluding hydrogens is 278 g/mol. The minimum atomic E-state index is -0.927. The Bertz CT molecular complexity index is 500. The third-order valence-corrected chi connectivity index (χ3v) is 2.55. The standard InChI is InChI=1S/C14H13NO2.Cu/c16-14(12-9-5-2-6-10-12)13(15-17)11-7-3-1-4-8-11;/h1-10,14,16-17H;. The number of oxime groups is 1. The fraction of sp³-hybridized carbons (Fsp3) is 0.0714. The van der Waals surface area contributed by atoms with Gasteiger partial charge in [-0.2, -0.15) is 0 Å². The molecule has 3 nitrogen and oxygen atoms in total. The van der Waals surface area contributed by atoms with E-state index >= 15 is 0 Å². The summed E-state index contributed by atoms with van der Waals surface area (Å²) in [5, 5.41) is 22.4. The van der Waals surface area contributed by atoms with E-state index in [0.717, 1.165) is 0 Å². The van der Waals surface area contributed by atoms with Gasteiger partial charge in [-0.05, 0) is 5.56 Å². The van der Waals surface area contributed by atoms with Crippen LogP contribution in [0.15, 0.2) is 65.8 Å². The second kappa shape index (κ2) is 6.96. The van der Waals surface area contributed by atoms with Crippen molar-refractivity contribution in [1.29, 1.82) is 0 Å². The van der Waals surface area contributed by atoms with Crippen LogP contribution in [0.5, 0.6) is 0 Å². The topological polar surface area (TPSA) is 52.8 Å². The average Bonchev–Trinajstić information content (AvgIpc) is 2.42. The van der Waals surface area contributed by atoms with E-state index in [4.69, 9.17) is 5.21 Å². The van der Waals surface area contributed by atoms with Crippen LogP contribution in [0.3, 0.4) is 0 Å². The molecule has 0 bridgehead atoms. The molecular formula is C14H13CuNO2. The second-order valence-corrected chi connectivity index (χ2v) is 3.66. The molecule has 18 heavy (non-hydrogen) atoms. The largest absolute Gasteiger partial charge is 0.411 e. The van der Waals surface area contributed by atoms with Crippen LogP contribution in [0, 0.1) is 0 Å². The first kappa shape index (κ1) is 14.5. The van der Waals surface area contributed by atoms with E-state index in [1.807, 2.05) is 36.4 Å². The molecule has 0 amide bonds. The molecule has 0 heterocycles. The minimum absolute atomic E-state index is 0. The van der Waals surface area contributed by atoms with Crippen molar-refractivity contribution < 1.29 is 27.4 Å². The first-order valence-corrected chi connectivity index (χ1v) is 5.33. The Balaban J connectivity index is 0.00000162. The van der Waals surface area contributed by atoms with E-state index in [1.54, 1.807) is 24.3 Å². The molecule has 2 aromatic carbocycles. The summed E-state index contributed by atoms with van der Waals surface area (Å²) in [5.41, 5.74) is 1.65. The van der Waals surface area contributed by atoms with Crippen molar-refractivity contribution in [2.75, 3.05) is 0 Å². The van der Waals surface area contributed by atoms with E-state index in [-0.39, 0.29) is 22.8 Å². The molecule has 0 saturated carbocycles. The summed E-state index contributed by atoms with van der Waals surface area (Å²) in [6.07, 6.45) is -0.927. The van der Waals surface area contributed by atoms with Gasteiger partial charge in [0.2, 0.25) is 0 Å². The van der Waals surface area contributed by atoms with Gasteiger partial charge in [0, 0.05) is 22.6 Å². The molecule has 1 unspecified atom stereocenters. The number of nitrogens with zero attached hydrogens (tertiary/aromatic N) is 1. The molecule has 97 valence electrons. The van der Waals surface area contributed by atoms with Crippen LogP contribution in [-0.2, 0) is 17.1 Å². The molecule has 0 fully saturated rings. The number of aliphatic hydroxyl groups is 1. The number of hydrogen-bond acceptors (Lipinski definition) is 3. The summed E-state index contributed by atoms with van der Waals surface area (Å²) in [7, 11) is 0. The molecule has 2 N–H and O–H groups in total. The molecule has 1 radical (unpaired) electrons. The van der Waals surface area contributed by atoms with Gasteiger partial charge in [-0.3, -0.25) is 0 Å². The summed E-state index contributed by atoms with van der Waals surface area (Å²) in [5.74, 6) is 0. The summed E-state index contributed by atoms with van der Waals surface area (Å²) >= 11 is 0. The van der Waals surface area contributed by atoms with Crippen molar-refractivity contribution in [2.24, 2.45) is 5.16 Å². The molecule has 2 aromatic rings. The van der Waals surface area contributed by atoms with Crippen molar-refractivity contribution in [3.63, 3.8) is 0 Å². The number of benzene rings is 2. The van der Waals surface area contributed by atoms with E-state index in [9.17, 15) is 5.11 Å². The van der Waals surface area contributed by atoms with Gasteiger partial charge in [0.25, 0.3) is 0 Å². The van der Waals surface area contributed by atoms with Crippen molar-refractivity contribution in [1.82, 2.24) is 0 Å². The van der Waals surface area contributed by atoms with Crippen LogP contribution in [0.1, 0.15) is 17.2 Å². The van der Waals surface area contributed by atoms with E-state index in [2.05, 4.69) is 5.16 Å². The molecule has 0 aliphatic carbocycles. The predicted octanol–water partition coefficient (Wildman–Crippen LogP) is 2.60. The third kappa shape index (κ3) is 3.20. The van der Waals surface area contributed by atoms with Gasteiger partial charge < -0.3 is 10.3 Å². The Hall–Kier alpha value is -1.61. The first-order valence-electron chi connectivity index (χ1n) is 5.33. The van der Waals surface area contributed by atoms with Crippen molar-refractivity contribution in [3.8, 4) is 0 Å². The Morgan fingerprint density at radius 3 is 1.89 bits per heavy atom. The fourth-order valence-electron chi connectivity index (χ4n) is 1.67. The molecule has 1 atom stereocenters. The zero-order valence-electron chi connectivity index (χ0n) is 9.49. The quantitative estimate of drug-likeness (QED) is 0.395. The monoisotopic (exact) mass is 290 g/mol. The predicted molar refractivity (Wildman–Crippen MR) is 66.2 cm³/mol. The van der Waals surface area contributed by atoms with E-state index in [1.165, 1.54) is 0 Å². The van der Waals surface area contributed by atoms with Crippen LogP contribution >= 0.6 is 0 Å². The Morgan fingerprint density at radius 2 is 1.39 bits per heavy atom. The van der Waals surface area contributed by atoms with Gasteiger partial charge in [-0.1, -0.05) is 65.8 Å². The molecule has 0 aliphatic rings. The summed E-state index contributed by atoms with van der Waals surface area (Å²) in [6.45, 7) is 0. The maximum absolute atomic E-state index is 10.1. The van der Waals surface area contributed by atoms with E-state index in [0.29, 0.717) is 11.1 Å². The number of rotatable bonds is 3. The van der Waals surface area contributed by atoms with Crippen LogP contribution in [0.4, 0.5) is 0 Å². The van der Waals surface area contributed by atoms with Gasteiger partial charge in [-0.25, -0.2) is 0 Å². The molecule has 0 spiro atoms. The van der Waals surface area contributed by atoms with Crippen LogP contribution in [0.2, 0.25) is 0 Å². The van der Waals surface area contributed by atoms with Crippen LogP contribution < -0.4 is 0 Å². The van der Waals surface area contributed by atoms with Gasteiger partial charge in [0.15, 0.2) is 0 Å². The summed E-state index contributed by atoms with van der Waals surface area (Å²) in [4.78, 5) is 0. The van der Waals surface area contributed by atoms with Crippen molar-refractivity contribution >= 4 is 5.71 Å². The zero-order chi connectivity index (χ0) is 12.1. The first-order chi connectivity index (χ1) is 8.33. The molecule has 2 rings (SSSR count). The Labute approximate surface area is 116 Å². The zero-order valence-corrected chi connectivity index (χ0v) is 10.4. The molecule has 0 aromatic heterocycles. The van der Waals surface area contributed by atoms with Crippen LogP contribution in [-0.4, -0.2) is 16.0 Å². The number of aliphatic hydroxyl groups excluding tert-OH is 1. The van der Waals surface area contributed by atoms with Crippen molar-refractivity contribution in [2.45, 2.75) is 6.10 Å². The maximum atomic E-state index is 10.1.